The minimum atomic E-state index is -3.93. The van der Waals surface area contributed by atoms with Gasteiger partial charge in [0, 0.05) is 30.1 Å². The summed E-state index contributed by atoms with van der Waals surface area (Å²) in [5.41, 5.74) is 1.60. The molecule has 0 aromatic heterocycles. The lowest BCUT2D eigenvalue weighted by Gasteiger charge is -2.13. The van der Waals surface area contributed by atoms with Crippen LogP contribution in [-0.2, 0) is 14.8 Å². The molecule has 0 aliphatic carbocycles. The second-order valence-corrected chi connectivity index (χ2v) is 8.94. The summed E-state index contributed by atoms with van der Waals surface area (Å²) in [7, 11) is -0.906. The van der Waals surface area contributed by atoms with Gasteiger partial charge in [-0.3, -0.25) is 14.3 Å². The largest absolute Gasteiger partial charge is 0.497 e. The Balaban J connectivity index is 1.77. The number of carbonyl (C=O) groups is 2. The van der Waals surface area contributed by atoms with Crippen LogP contribution in [0.4, 0.5) is 11.4 Å². The van der Waals surface area contributed by atoms with E-state index in [1.54, 1.807) is 61.5 Å². The minimum Gasteiger partial charge on any atom is -0.497 e. The second kappa shape index (κ2) is 10.7. The first kappa shape index (κ1) is 24.6. The van der Waals surface area contributed by atoms with Crippen LogP contribution in [0.2, 0.25) is 0 Å². The van der Waals surface area contributed by atoms with Gasteiger partial charge in [0.25, 0.3) is 21.8 Å². The van der Waals surface area contributed by atoms with Crippen LogP contribution in [0.5, 0.6) is 11.5 Å². The number of methoxy groups -OCH3 is 1. The molecule has 0 radical (unpaired) electrons. The maximum atomic E-state index is 12.9. The Kier molecular flexibility index (Phi) is 7.75. The van der Waals surface area contributed by atoms with Crippen LogP contribution >= 0.6 is 0 Å². The Morgan fingerprint density at radius 2 is 1.65 bits per heavy atom. The molecule has 0 aliphatic rings. The van der Waals surface area contributed by atoms with Gasteiger partial charge in [-0.1, -0.05) is 12.1 Å². The standard InChI is InChI=1S/C24H25N3O6S/c1-16-7-12-21(34(30,31)27-17-8-10-19(32-3)11-9-17)14-22(16)24(29)26-18-5-4-6-20(13-18)33-15-23(28)25-2/h4-14,27H,15H2,1-3H3,(H,25,28)(H,26,29). The van der Waals surface area contributed by atoms with E-state index in [0.29, 0.717) is 28.4 Å². The summed E-state index contributed by atoms with van der Waals surface area (Å²) < 4.78 is 38.7. The lowest BCUT2D eigenvalue weighted by molar-refractivity contribution is -0.122. The fraction of sp³-hybridized carbons (Fsp3) is 0.167. The number of sulfonamides is 1. The van der Waals surface area contributed by atoms with E-state index >= 15 is 0 Å². The molecule has 0 fully saturated rings. The summed E-state index contributed by atoms with van der Waals surface area (Å²) in [5, 5.41) is 5.19. The fourth-order valence-corrected chi connectivity index (χ4v) is 4.05. The summed E-state index contributed by atoms with van der Waals surface area (Å²) >= 11 is 0. The molecule has 178 valence electrons. The number of amides is 2. The molecule has 0 bridgehead atoms. The summed E-state index contributed by atoms with van der Waals surface area (Å²) in [5.74, 6) is 0.229. The smallest absolute Gasteiger partial charge is 0.261 e. The molecule has 2 amide bonds. The second-order valence-electron chi connectivity index (χ2n) is 7.25. The van der Waals surface area contributed by atoms with Gasteiger partial charge in [-0.2, -0.15) is 0 Å². The molecule has 0 spiro atoms. The van der Waals surface area contributed by atoms with Crippen molar-refractivity contribution in [3.05, 3.63) is 77.9 Å². The zero-order chi connectivity index (χ0) is 24.7. The molecule has 0 saturated heterocycles. The number of hydrogen-bond donors (Lipinski definition) is 3. The first-order valence-electron chi connectivity index (χ1n) is 10.2. The van der Waals surface area contributed by atoms with E-state index in [1.165, 1.54) is 26.3 Å². The van der Waals surface area contributed by atoms with Crippen LogP contribution in [0.1, 0.15) is 15.9 Å². The number of ether oxygens (including phenoxy) is 2. The predicted octanol–water partition coefficient (Wildman–Crippen LogP) is 3.18. The van der Waals surface area contributed by atoms with Gasteiger partial charge in [0.2, 0.25) is 0 Å². The third-order valence-electron chi connectivity index (χ3n) is 4.85. The van der Waals surface area contributed by atoms with Crippen molar-refractivity contribution in [3.63, 3.8) is 0 Å². The van der Waals surface area contributed by atoms with E-state index in [1.807, 2.05) is 0 Å². The molecule has 34 heavy (non-hydrogen) atoms. The summed E-state index contributed by atoms with van der Waals surface area (Å²) in [6.45, 7) is 1.55. The topological polar surface area (TPSA) is 123 Å². The third kappa shape index (κ3) is 6.26. The predicted molar refractivity (Wildman–Crippen MR) is 129 cm³/mol. The Bertz CT molecular complexity index is 1290. The molecule has 3 aromatic rings. The van der Waals surface area contributed by atoms with Crippen molar-refractivity contribution in [3.8, 4) is 11.5 Å². The summed E-state index contributed by atoms with van der Waals surface area (Å²) in [6.07, 6.45) is 0. The van der Waals surface area contributed by atoms with Crippen molar-refractivity contribution in [1.82, 2.24) is 5.32 Å². The van der Waals surface area contributed by atoms with Gasteiger partial charge in [-0.25, -0.2) is 8.42 Å². The first-order valence-corrected chi connectivity index (χ1v) is 11.7. The van der Waals surface area contributed by atoms with Crippen LogP contribution in [0.25, 0.3) is 0 Å². The van der Waals surface area contributed by atoms with Gasteiger partial charge in [0.1, 0.15) is 11.5 Å². The van der Waals surface area contributed by atoms with Gasteiger partial charge in [0.05, 0.1) is 12.0 Å². The van der Waals surface area contributed by atoms with Crippen molar-refractivity contribution < 1.29 is 27.5 Å². The normalized spacial score (nSPS) is 10.8. The zero-order valence-corrected chi connectivity index (χ0v) is 19.7. The fourth-order valence-electron chi connectivity index (χ4n) is 2.97. The molecule has 3 aromatic carbocycles. The van der Waals surface area contributed by atoms with Gasteiger partial charge < -0.3 is 20.1 Å². The molecule has 0 unspecified atom stereocenters. The van der Waals surface area contributed by atoms with E-state index in [2.05, 4.69) is 15.4 Å². The van der Waals surface area contributed by atoms with Crippen molar-refractivity contribution >= 4 is 33.2 Å². The quantitative estimate of drug-likeness (QED) is 0.430. The highest BCUT2D eigenvalue weighted by Gasteiger charge is 2.19. The molecule has 0 atom stereocenters. The van der Waals surface area contributed by atoms with Crippen molar-refractivity contribution in [2.45, 2.75) is 11.8 Å². The number of nitrogens with one attached hydrogen (secondary N) is 3. The Morgan fingerprint density at radius 3 is 2.32 bits per heavy atom. The number of likely N-dealkylation sites (N-methyl/N-ethyl adjacent to an activating group) is 1. The number of benzene rings is 3. The number of aryl methyl sites for hydroxylation is 1. The monoisotopic (exact) mass is 483 g/mol. The Morgan fingerprint density at radius 1 is 0.912 bits per heavy atom. The number of hydrogen-bond acceptors (Lipinski definition) is 6. The Hall–Kier alpha value is -4.05. The highest BCUT2D eigenvalue weighted by Crippen LogP contribution is 2.23. The number of rotatable bonds is 9. The lowest BCUT2D eigenvalue weighted by Crippen LogP contribution is -2.24. The summed E-state index contributed by atoms with van der Waals surface area (Å²) in [4.78, 5) is 24.2. The van der Waals surface area contributed by atoms with E-state index in [9.17, 15) is 18.0 Å². The average molecular weight is 484 g/mol. The van der Waals surface area contributed by atoms with Gasteiger partial charge in [0.15, 0.2) is 6.61 Å². The first-order chi connectivity index (χ1) is 16.2. The SMILES string of the molecule is CNC(=O)COc1cccc(NC(=O)c2cc(S(=O)(=O)Nc3ccc(OC)cc3)ccc2C)c1. The molecule has 10 heteroatoms. The summed E-state index contributed by atoms with van der Waals surface area (Å²) in [6, 6.07) is 17.3. The Labute approximate surface area is 198 Å². The molecule has 3 N–H and O–H groups in total. The minimum absolute atomic E-state index is 0.0540. The molecule has 3 rings (SSSR count). The van der Waals surface area contributed by atoms with Crippen LogP contribution in [-0.4, -0.2) is 41.0 Å². The van der Waals surface area contributed by atoms with Crippen LogP contribution in [0.3, 0.4) is 0 Å². The number of anilines is 2. The van der Waals surface area contributed by atoms with Crippen molar-refractivity contribution in [2.24, 2.45) is 0 Å². The maximum Gasteiger partial charge on any atom is 0.261 e. The van der Waals surface area contributed by atoms with Crippen molar-refractivity contribution in [2.75, 3.05) is 30.8 Å². The van der Waals surface area contributed by atoms with Crippen LogP contribution < -0.4 is 24.8 Å². The molecular weight excluding hydrogens is 458 g/mol. The van der Waals surface area contributed by atoms with E-state index in [4.69, 9.17) is 9.47 Å². The highest BCUT2D eigenvalue weighted by atomic mass is 32.2. The van der Waals surface area contributed by atoms with Crippen molar-refractivity contribution in [1.29, 1.82) is 0 Å². The van der Waals surface area contributed by atoms with Crippen LogP contribution in [0.15, 0.2) is 71.6 Å². The zero-order valence-electron chi connectivity index (χ0n) is 18.9. The van der Waals surface area contributed by atoms with Gasteiger partial charge in [-0.05, 0) is 61.0 Å². The number of carbonyl (C=O) groups excluding carboxylic acids is 2. The van der Waals surface area contributed by atoms with Gasteiger partial charge >= 0.3 is 0 Å². The molecular formula is C24H25N3O6S. The van der Waals surface area contributed by atoms with Crippen LogP contribution in [0, 0.1) is 6.92 Å². The average Bonchev–Trinajstić information content (AvgIpc) is 2.83. The van der Waals surface area contributed by atoms with E-state index in [-0.39, 0.29) is 23.0 Å². The molecule has 0 saturated carbocycles. The third-order valence-corrected chi connectivity index (χ3v) is 6.23. The maximum absolute atomic E-state index is 12.9. The molecule has 0 aliphatic heterocycles. The molecule has 9 nitrogen and oxygen atoms in total. The van der Waals surface area contributed by atoms with E-state index in [0.717, 1.165) is 0 Å². The lowest BCUT2D eigenvalue weighted by atomic mass is 10.1. The highest BCUT2D eigenvalue weighted by molar-refractivity contribution is 7.92. The van der Waals surface area contributed by atoms with Gasteiger partial charge in [-0.15, -0.1) is 0 Å². The molecule has 0 heterocycles. The van der Waals surface area contributed by atoms with E-state index < -0.39 is 15.9 Å².